The highest BCUT2D eigenvalue weighted by atomic mass is 16.6. The van der Waals surface area contributed by atoms with Gasteiger partial charge in [-0.15, -0.1) is 0 Å². The number of allylic oxidation sites excluding steroid dienone is 8. The Morgan fingerprint density at radius 1 is 0.323 bits per heavy atom. The minimum absolute atomic E-state index is 0.0792. The van der Waals surface area contributed by atoms with Gasteiger partial charge in [0, 0.05) is 19.3 Å². The summed E-state index contributed by atoms with van der Waals surface area (Å²) in [6.45, 7) is 6.52. The predicted octanol–water partition coefficient (Wildman–Crippen LogP) is 18.7. The molecule has 0 aliphatic rings. The van der Waals surface area contributed by atoms with Crippen LogP contribution in [-0.2, 0) is 28.6 Å². The van der Waals surface area contributed by atoms with Crippen LogP contribution in [0.15, 0.2) is 48.6 Å². The van der Waals surface area contributed by atoms with Crippen LogP contribution in [0.2, 0.25) is 0 Å². The first-order chi connectivity index (χ1) is 32.0. The molecule has 0 aromatic carbocycles. The van der Waals surface area contributed by atoms with E-state index in [0.717, 1.165) is 109 Å². The van der Waals surface area contributed by atoms with Gasteiger partial charge in [-0.1, -0.05) is 243 Å². The highest BCUT2D eigenvalue weighted by molar-refractivity contribution is 5.71. The van der Waals surface area contributed by atoms with E-state index in [1.165, 1.54) is 141 Å². The van der Waals surface area contributed by atoms with Crippen molar-refractivity contribution in [3.63, 3.8) is 0 Å². The van der Waals surface area contributed by atoms with Crippen LogP contribution in [-0.4, -0.2) is 37.2 Å². The number of carbonyl (C=O) groups is 3. The molecule has 0 rings (SSSR count). The third kappa shape index (κ3) is 52.2. The van der Waals surface area contributed by atoms with Crippen LogP contribution in [0.4, 0.5) is 0 Å². The van der Waals surface area contributed by atoms with Crippen molar-refractivity contribution in [1.82, 2.24) is 0 Å². The van der Waals surface area contributed by atoms with E-state index in [1.807, 2.05) is 0 Å². The van der Waals surface area contributed by atoms with Gasteiger partial charge in [-0.25, -0.2) is 0 Å². The predicted molar refractivity (Wildman–Crippen MR) is 279 cm³/mol. The lowest BCUT2D eigenvalue weighted by molar-refractivity contribution is -0.167. The van der Waals surface area contributed by atoms with E-state index in [4.69, 9.17) is 14.2 Å². The van der Waals surface area contributed by atoms with Crippen LogP contribution in [0.1, 0.15) is 290 Å². The Bertz CT molecular complexity index is 1140. The summed E-state index contributed by atoms with van der Waals surface area (Å²) in [5.74, 6) is -0.893. The Kier molecular flexibility index (Phi) is 51.8. The van der Waals surface area contributed by atoms with Crippen LogP contribution in [0.3, 0.4) is 0 Å². The van der Waals surface area contributed by atoms with Crippen molar-refractivity contribution >= 4 is 17.9 Å². The van der Waals surface area contributed by atoms with E-state index in [-0.39, 0.29) is 31.1 Å². The molecule has 0 radical (unpaired) electrons. The minimum atomic E-state index is -0.782. The van der Waals surface area contributed by atoms with Gasteiger partial charge < -0.3 is 14.2 Å². The maximum Gasteiger partial charge on any atom is 0.306 e. The second kappa shape index (κ2) is 54.0. The highest BCUT2D eigenvalue weighted by Gasteiger charge is 2.19. The van der Waals surface area contributed by atoms with E-state index in [0.29, 0.717) is 19.3 Å². The van der Waals surface area contributed by atoms with Gasteiger partial charge in [-0.3, -0.25) is 14.4 Å². The molecule has 0 unspecified atom stereocenters. The van der Waals surface area contributed by atoms with Gasteiger partial charge in [-0.05, 0) is 77.0 Å². The standard InChI is InChI=1S/C59H106O6/c1-4-7-10-13-16-19-22-25-27-28-29-30-32-35-37-40-43-46-49-52-58(61)64-55-56(65-59(62)53-50-47-44-41-38-33-24-21-18-15-12-9-6-3)54-63-57(60)51-48-45-42-39-36-34-31-26-23-20-17-14-11-8-5-2/h8,11,17,20-21,24,26,31,56H,4-7,9-10,12-16,18-19,22-23,25,27-30,32-55H2,1-3H3/b11-8-,20-17-,24-21-,31-26-/t56-/m1/s1. The van der Waals surface area contributed by atoms with E-state index < -0.39 is 6.10 Å². The Morgan fingerprint density at radius 3 is 0.969 bits per heavy atom. The monoisotopic (exact) mass is 911 g/mol. The molecule has 0 aromatic heterocycles. The fourth-order valence-corrected chi connectivity index (χ4v) is 8.10. The van der Waals surface area contributed by atoms with Crippen molar-refractivity contribution in [3.8, 4) is 0 Å². The van der Waals surface area contributed by atoms with Crippen molar-refractivity contribution in [3.05, 3.63) is 48.6 Å². The fraction of sp³-hybridized carbons (Fsp3) is 0.814. The van der Waals surface area contributed by atoms with E-state index in [2.05, 4.69) is 69.4 Å². The van der Waals surface area contributed by atoms with Crippen LogP contribution in [0.5, 0.6) is 0 Å². The average Bonchev–Trinajstić information content (AvgIpc) is 3.30. The summed E-state index contributed by atoms with van der Waals surface area (Å²) in [6, 6.07) is 0. The Labute approximate surface area is 403 Å². The zero-order valence-electron chi connectivity index (χ0n) is 43.3. The first-order valence-corrected chi connectivity index (χ1v) is 28.1. The summed E-state index contributed by atoms with van der Waals surface area (Å²) in [4.78, 5) is 38.1. The quantitative estimate of drug-likeness (QED) is 0.0262. The normalized spacial score (nSPS) is 12.4. The molecule has 0 saturated carbocycles. The van der Waals surface area contributed by atoms with Crippen LogP contribution < -0.4 is 0 Å². The van der Waals surface area contributed by atoms with Crippen LogP contribution >= 0.6 is 0 Å². The van der Waals surface area contributed by atoms with Gasteiger partial charge in [0.1, 0.15) is 13.2 Å². The molecule has 0 N–H and O–H groups in total. The number of hydrogen-bond acceptors (Lipinski definition) is 6. The topological polar surface area (TPSA) is 78.9 Å². The zero-order valence-corrected chi connectivity index (χ0v) is 43.3. The molecule has 1 atom stereocenters. The largest absolute Gasteiger partial charge is 0.462 e. The highest BCUT2D eigenvalue weighted by Crippen LogP contribution is 2.16. The van der Waals surface area contributed by atoms with Gasteiger partial charge in [-0.2, -0.15) is 0 Å². The SMILES string of the molecule is CC/C=C\C/C=C\C/C=C\CCCCCCCC(=O)OC[C@H](COC(=O)CCCCCCCCCCCCCCCCCCCCC)OC(=O)CCCCCCC/C=C\CCCCCC. The van der Waals surface area contributed by atoms with Gasteiger partial charge in [0.2, 0.25) is 0 Å². The molecule has 0 spiro atoms. The second-order valence-electron chi connectivity index (χ2n) is 18.8. The molecule has 0 amide bonds. The maximum absolute atomic E-state index is 12.8. The maximum atomic E-state index is 12.8. The van der Waals surface area contributed by atoms with Crippen LogP contribution in [0, 0.1) is 0 Å². The van der Waals surface area contributed by atoms with Gasteiger partial charge in [0.15, 0.2) is 6.10 Å². The lowest BCUT2D eigenvalue weighted by Gasteiger charge is -2.18. The zero-order chi connectivity index (χ0) is 47.2. The summed E-state index contributed by atoms with van der Waals surface area (Å²) in [5, 5.41) is 0. The molecule has 0 aromatic rings. The van der Waals surface area contributed by atoms with Crippen molar-refractivity contribution in [2.24, 2.45) is 0 Å². The van der Waals surface area contributed by atoms with E-state index >= 15 is 0 Å². The fourth-order valence-electron chi connectivity index (χ4n) is 8.10. The molecule has 6 heteroatoms. The second-order valence-corrected chi connectivity index (χ2v) is 18.8. The number of ether oxygens (including phenoxy) is 3. The van der Waals surface area contributed by atoms with Crippen molar-refractivity contribution in [2.45, 2.75) is 297 Å². The Balaban J connectivity index is 4.33. The van der Waals surface area contributed by atoms with Crippen molar-refractivity contribution < 1.29 is 28.6 Å². The Hall–Kier alpha value is -2.63. The Morgan fingerprint density at radius 2 is 0.600 bits per heavy atom. The molecule has 6 nitrogen and oxygen atoms in total. The van der Waals surface area contributed by atoms with Crippen LogP contribution in [0.25, 0.3) is 0 Å². The molecule has 0 aliphatic carbocycles. The first kappa shape index (κ1) is 62.4. The number of esters is 3. The third-order valence-electron chi connectivity index (χ3n) is 12.3. The lowest BCUT2D eigenvalue weighted by atomic mass is 10.0. The summed E-state index contributed by atoms with van der Waals surface area (Å²) in [7, 11) is 0. The van der Waals surface area contributed by atoms with Crippen molar-refractivity contribution in [1.29, 1.82) is 0 Å². The van der Waals surface area contributed by atoms with E-state index in [9.17, 15) is 14.4 Å². The molecule has 378 valence electrons. The van der Waals surface area contributed by atoms with Gasteiger partial charge in [0.25, 0.3) is 0 Å². The average molecular weight is 911 g/mol. The summed E-state index contributed by atoms with van der Waals surface area (Å²) >= 11 is 0. The summed E-state index contributed by atoms with van der Waals surface area (Å²) in [6.07, 6.45) is 65.3. The van der Waals surface area contributed by atoms with E-state index in [1.54, 1.807) is 0 Å². The molecule has 0 fully saturated rings. The molecule has 0 saturated heterocycles. The number of carbonyl (C=O) groups excluding carboxylic acids is 3. The van der Waals surface area contributed by atoms with Crippen molar-refractivity contribution in [2.75, 3.05) is 13.2 Å². The molecule has 0 heterocycles. The van der Waals surface area contributed by atoms with Gasteiger partial charge >= 0.3 is 17.9 Å². The molecule has 0 bridgehead atoms. The summed E-state index contributed by atoms with van der Waals surface area (Å²) < 4.78 is 16.8. The molecule has 65 heavy (non-hydrogen) atoms. The number of rotatable bonds is 51. The summed E-state index contributed by atoms with van der Waals surface area (Å²) in [5.41, 5.74) is 0. The van der Waals surface area contributed by atoms with Gasteiger partial charge in [0.05, 0.1) is 0 Å². The third-order valence-corrected chi connectivity index (χ3v) is 12.3. The lowest BCUT2D eigenvalue weighted by Crippen LogP contribution is -2.30. The molecular weight excluding hydrogens is 805 g/mol. The smallest absolute Gasteiger partial charge is 0.306 e. The molecule has 0 aliphatic heterocycles. The molecular formula is C59H106O6. The number of unbranched alkanes of at least 4 members (excludes halogenated alkanes) is 32. The minimum Gasteiger partial charge on any atom is -0.462 e. The number of hydrogen-bond donors (Lipinski definition) is 0. The first-order valence-electron chi connectivity index (χ1n) is 28.1.